The van der Waals surface area contributed by atoms with E-state index >= 15 is 0 Å². The first-order valence-electron chi connectivity index (χ1n) is 14.2. The van der Waals surface area contributed by atoms with Gasteiger partial charge >= 0.3 is 11.9 Å². The molecule has 0 spiro atoms. The van der Waals surface area contributed by atoms with Crippen molar-refractivity contribution in [2.75, 3.05) is 0 Å². The molecule has 0 heterocycles. The van der Waals surface area contributed by atoms with Crippen LogP contribution in [0.1, 0.15) is 89.6 Å². The highest BCUT2D eigenvalue weighted by Gasteiger charge is 2.73. The normalized spacial score (nSPS) is 30.8. The van der Waals surface area contributed by atoms with Crippen molar-refractivity contribution in [1.82, 2.24) is 0 Å². The maximum absolute atomic E-state index is 11.2. The van der Waals surface area contributed by atoms with Gasteiger partial charge in [0.1, 0.15) is 5.75 Å². The minimum absolute atomic E-state index is 0.148. The molecule has 3 saturated carbocycles. The SMILES string of the molecule is C[C@]12CC[C@@H]3c4ccc(O)cc4CC[C@H]3C13CCC2(O)CC3.O=C(O)c1ccccc1.O=C(O)c1ccccc1. The minimum atomic E-state index is -0.879. The van der Waals surface area contributed by atoms with E-state index in [9.17, 15) is 19.8 Å². The standard InChI is InChI=1S/C20H26O2.2C7H6O2/c1-18-7-6-16-15-4-3-14(21)12-13(15)2-5-17(16)19(18)8-10-20(18,22)11-9-19;2*8-7(9)6-4-2-1-3-5-6/h3-4,12,16-17,21-22H,2,5-11H2,1H3;2*1-5H,(H,8,9)/t16-,17-,18+,19?,20?;;/m1../s1. The summed E-state index contributed by atoms with van der Waals surface area (Å²) >= 11 is 0. The molecule has 40 heavy (non-hydrogen) atoms. The molecule has 6 nitrogen and oxygen atoms in total. The van der Waals surface area contributed by atoms with Crippen molar-refractivity contribution in [2.24, 2.45) is 16.7 Å². The van der Waals surface area contributed by atoms with Crippen LogP contribution in [0.2, 0.25) is 0 Å². The Morgan fingerprint density at radius 3 is 1.80 bits per heavy atom. The molecule has 3 aromatic rings. The second-order valence-corrected chi connectivity index (χ2v) is 12.0. The van der Waals surface area contributed by atoms with Crippen molar-refractivity contribution in [3.05, 3.63) is 101 Å². The number of aryl methyl sites for hydroxylation is 1. The molecule has 0 amide bonds. The molecule has 210 valence electrons. The van der Waals surface area contributed by atoms with E-state index in [1.165, 1.54) is 43.2 Å². The molecule has 3 aromatic carbocycles. The first-order valence-corrected chi connectivity index (χ1v) is 14.2. The molecule has 3 atom stereocenters. The number of aromatic hydroxyl groups is 1. The third-order valence-corrected chi connectivity index (χ3v) is 10.5. The van der Waals surface area contributed by atoms with Crippen LogP contribution in [0, 0.1) is 16.7 Å². The highest BCUT2D eigenvalue weighted by Crippen LogP contribution is 2.77. The summed E-state index contributed by atoms with van der Waals surface area (Å²) in [4.78, 5) is 20.4. The first-order chi connectivity index (χ1) is 19.1. The molecular weight excluding hydrogens is 504 g/mol. The Kier molecular flexibility index (Phi) is 7.49. The maximum atomic E-state index is 11.2. The van der Waals surface area contributed by atoms with Crippen LogP contribution in [0.5, 0.6) is 5.75 Å². The van der Waals surface area contributed by atoms with E-state index in [-0.39, 0.29) is 11.0 Å². The molecule has 0 radical (unpaired) electrons. The molecule has 4 aliphatic carbocycles. The number of phenolic OH excluding ortho intramolecular Hbond substituents is 1. The van der Waals surface area contributed by atoms with Gasteiger partial charge in [0.05, 0.1) is 16.7 Å². The lowest BCUT2D eigenvalue weighted by molar-refractivity contribution is -0.101. The number of rotatable bonds is 2. The maximum Gasteiger partial charge on any atom is 0.335 e. The van der Waals surface area contributed by atoms with Crippen molar-refractivity contribution in [3.63, 3.8) is 0 Å². The number of carboxylic acid groups (broad SMARTS) is 2. The number of aliphatic hydroxyl groups is 1. The lowest BCUT2D eigenvalue weighted by Gasteiger charge is -2.56. The summed E-state index contributed by atoms with van der Waals surface area (Å²) in [6, 6.07) is 22.6. The number of hydrogen-bond donors (Lipinski definition) is 4. The monoisotopic (exact) mass is 542 g/mol. The van der Waals surface area contributed by atoms with Gasteiger partial charge in [-0.05, 0) is 116 Å². The zero-order chi connectivity index (χ0) is 28.5. The molecule has 0 aromatic heterocycles. The van der Waals surface area contributed by atoms with Crippen molar-refractivity contribution >= 4 is 11.9 Å². The number of aromatic carboxylic acids is 2. The Balaban J connectivity index is 0.000000149. The fourth-order valence-electron chi connectivity index (χ4n) is 8.46. The minimum Gasteiger partial charge on any atom is -0.508 e. The zero-order valence-corrected chi connectivity index (χ0v) is 22.9. The molecule has 7 rings (SSSR count). The summed E-state index contributed by atoms with van der Waals surface area (Å²) < 4.78 is 0. The third-order valence-electron chi connectivity index (χ3n) is 10.5. The Morgan fingerprint density at radius 2 is 1.30 bits per heavy atom. The second-order valence-electron chi connectivity index (χ2n) is 12.0. The second kappa shape index (κ2) is 10.7. The van der Waals surface area contributed by atoms with Crippen LogP contribution >= 0.6 is 0 Å². The third kappa shape index (κ3) is 4.68. The number of carbonyl (C=O) groups is 2. The van der Waals surface area contributed by atoms with Crippen LogP contribution in [0.25, 0.3) is 0 Å². The quantitative estimate of drug-likeness (QED) is 0.280. The van der Waals surface area contributed by atoms with Gasteiger partial charge in [-0.3, -0.25) is 0 Å². The molecule has 4 N–H and O–H groups in total. The fourth-order valence-corrected chi connectivity index (χ4v) is 8.46. The van der Waals surface area contributed by atoms with Crippen molar-refractivity contribution in [3.8, 4) is 5.75 Å². The molecule has 4 aliphatic rings. The zero-order valence-electron chi connectivity index (χ0n) is 22.9. The van der Waals surface area contributed by atoms with Crippen LogP contribution in [0.15, 0.2) is 78.9 Å². The van der Waals surface area contributed by atoms with E-state index in [1.807, 2.05) is 12.1 Å². The molecule has 0 saturated heterocycles. The number of benzene rings is 3. The van der Waals surface area contributed by atoms with Gasteiger partial charge in [0.2, 0.25) is 0 Å². The van der Waals surface area contributed by atoms with Crippen LogP contribution in [-0.2, 0) is 6.42 Å². The van der Waals surface area contributed by atoms with Gasteiger partial charge in [0, 0.05) is 5.41 Å². The topological polar surface area (TPSA) is 115 Å². The predicted molar refractivity (Wildman–Crippen MR) is 153 cm³/mol. The van der Waals surface area contributed by atoms with Gasteiger partial charge in [-0.2, -0.15) is 0 Å². The van der Waals surface area contributed by atoms with Crippen LogP contribution in [0.4, 0.5) is 0 Å². The number of hydrogen-bond acceptors (Lipinski definition) is 4. The Labute approximate surface area is 235 Å². The van der Waals surface area contributed by atoms with Crippen LogP contribution in [0.3, 0.4) is 0 Å². The van der Waals surface area contributed by atoms with Crippen molar-refractivity contribution < 1.29 is 30.0 Å². The van der Waals surface area contributed by atoms with E-state index < -0.39 is 11.9 Å². The molecule has 3 fully saturated rings. The molecule has 0 unspecified atom stereocenters. The molecule has 6 heteroatoms. The van der Waals surface area contributed by atoms with Gasteiger partial charge in [-0.15, -0.1) is 0 Å². The Bertz CT molecular complexity index is 1310. The van der Waals surface area contributed by atoms with Crippen molar-refractivity contribution in [1.29, 1.82) is 0 Å². The van der Waals surface area contributed by atoms with Gasteiger partial charge in [0.15, 0.2) is 0 Å². The fraction of sp³-hybridized carbons (Fsp3) is 0.412. The highest BCUT2D eigenvalue weighted by molar-refractivity contribution is 5.87. The number of fused-ring (bicyclic) bond motifs is 3. The average Bonchev–Trinajstić information content (AvgIpc) is 3.34. The summed E-state index contributed by atoms with van der Waals surface area (Å²) in [5.41, 5.74) is 3.67. The molecule has 2 bridgehead atoms. The van der Waals surface area contributed by atoms with Gasteiger partial charge in [-0.25, -0.2) is 9.59 Å². The van der Waals surface area contributed by atoms with Gasteiger partial charge in [0.25, 0.3) is 0 Å². The first kappa shape index (κ1) is 27.9. The van der Waals surface area contributed by atoms with Gasteiger partial charge < -0.3 is 20.4 Å². The Morgan fingerprint density at radius 1 is 0.750 bits per heavy atom. The number of phenols is 1. The largest absolute Gasteiger partial charge is 0.508 e. The summed E-state index contributed by atoms with van der Waals surface area (Å²) in [5, 5.41) is 37.7. The number of carboxylic acids is 2. The van der Waals surface area contributed by atoms with Gasteiger partial charge in [-0.1, -0.05) is 49.4 Å². The average molecular weight is 543 g/mol. The summed E-state index contributed by atoms with van der Waals surface area (Å²) in [6.45, 7) is 2.40. The van der Waals surface area contributed by atoms with E-state index in [0.717, 1.165) is 25.2 Å². The Hall–Kier alpha value is -3.64. The van der Waals surface area contributed by atoms with E-state index in [2.05, 4.69) is 13.0 Å². The summed E-state index contributed by atoms with van der Waals surface area (Å²) in [6.07, 6.45) is 9.23. The smallest absolute Gasteiger partial charge is 0.335 e. The summed E-state index contributed by atoms with van der Waals surface area (Å²) in [5.74, 6) is 0.0380. The lowest BCUT2D eigenvalue weighted by Crippen LogP contribution is -2.51. The van der Waals surface area contributed by atoms with Crippen LogP contribution < -0.4 is 0 Å². The summed E-state index contributed by atoms with van der Waals surface area (Å²) in [7, 11) is 0. The highest BCUT2D eigenvalue weighted by atomic mass is 16.4. The van der Waals surface area contributed by atoms with Crippen LogP contribution in [-0.4, -0.2) is 38.0 Å². The van der Waals surface area contributed by atoms with Crippen molar-refractivity contribution in [2.45, 2.75) is 69.8 Å². The molecular formula is C34H38O6. The van der Waals surface area contributed by atoms with E-state index in [4.69, 9.17) is 10.2 Å². The lowest BCUT2D eigenvalue weighted by atomic mass is 9.48. The predicted octanol–water partition coefficient (Wildman–Crippen LogP) is 6.91. The molecule has 0 aliphatic heterocycles. The van der Waals surface area contributed by atoms with E-state index in [0.29, 0.717) is 28.2 Å². The van der Waals surface area contributed by atoms with E-state index in [1.54, 1.807) is 60.7 Å².